The Bertz CT molecular complexity index is 374. The van der Waals surface area contributed by atoms with Gasteiger partial charge in [0.1, 0.15) is 0 Å². The van der Waals surface area contributed by atoms with Crippen LogP contribution in [0.2, 0.25) is 0 Å². The van der Waals surface area contributed by atoms with Crippen LogP contribution < -0.4 is 5.32 Å². The summed E-state index contributed by atoms with van der Waals surface area (Å²) in [5, 5.41) is 2.84. The molecule has 4 heteroatoms. The number of likely N-dealkylation sites (N-methyl/N-ethyl adjacent to an activating group) is 1. The lowest BCUT2D eigenvalue weighted by Gasteiger charge is -2.10. The zero-order valence-corrected chi connectivity index (χ0v) is 9.73. The predicted molar refractivity (Wildman–Crippen MR) is 66.5 cm³/mol. The van der Waals surface area contributed by atoms with E-state index in [9.17, 15) is 4.79 Å². The summed E-state index contributed by atoms with van der Waals surface area (Å²) in [5.74, 6) is -0.0765. The Balaban J connectivity index is 2.55. The van der Waals surface area contributed by atoms with E-state index in [1.165, 1.54) is 0 Å². The van der Waals surface area contributed by atoms with Crippen LogP contribution in [0.25, 0.3) is 0 Å². The van der Waals surface area contributed by atoms with Gasteiger partial charge in [-0.25, -0.2) is 0 Å². The van der Waals surface area contributed by atoms with Crippen LogP contribution in [0.3, 0.4) is 0 Å². The van der Waals surface area contributed by atoms with Crippen LogP contribution in [-0.4, -0.2) is 44.7 Å². The first-order valence-electron chi connectivity index (χ1n) is 5.13. The van der Waals surface area contributed by atoms with Crippen molar-refractivity contribution in [2.24, 2.45) is 4.99 Å². The first-order valence-corrected chi connectivity index (χ1v) is 5.13. The first-order chi connectivity index (χ1) is 7.63. The molecular formula is C12H17N3O. The maximum Gasteiger partial charge on any atom is 0.251 e. The van der Waals surface area contributed by atoms with Crippen molar-refractivity contribution in [2.75, 3.05) is 27.2 Å². The minimum atomic E-state index is -0.0765. The Morgan fingerprint density at radius 1 is 1.50 bits per heavy atom. The molecule has 1 N–H and O–H groups in total. The third kappa shape index (κ3) is 3.82. The molecule has 1 aromatic rings. The van der Waals surface area contributed by atoms with Crippen molar-refractivity contribution in [3.05, 3.63) is 29.8 Å². The van der Waals surface area contributed by atoms with Gasteiger partial charge in [-0.1, -0.05) is 6.07 Å². The summed E-state index contributed by atoms with van der Waals surface area (Å²) >= 11 is 0. The van der Waals surface area contributed by atoms with E-state index < -0.39 is 0 Å². The highest BCUT2D eigenvalue weighted by Gasteiger charge is 2.04. The zero-order chi connectivity index (χ0) is 12.0. The predicted octanol–water partition coefficient (Wildman–Crippen LogP) is 1.31. The molecule has 1 amide bonds. The van der Waals surface area contributed by atoms with Crippen LogP contribution >= 0.6 is 0 Å². The zero-order valence-electron chi connectivity index (χ0n) is 9.73. The number of carbonyl (C=O) groups is 1. The summed E-state index contributed by atoms with van der Waals surface area (Å²) in [6.07, 6.45) is 0. The normalized spacial score (nSPS) is 10.2. The lowest BCUT2D eigenvalue weighted by Crippen LogP contribution is -2.31. The van der Waals surface area contributed by atoms with E-state index in [1.54, 1.807) is 18.2 Å². The topological polar surface area (TPSA) is 44.7 Å². The largest absolute Gasteiger partial charge is 0.351 e. The molecule has 1 aromatic carbocycles. The summed E-state index contributed by atoms with van der Waals surface area (Å²) in [4.78, 5) is 17.5. The fourth-order valence-electron chi connectivity index (χ4n) is 1.24. The second kappa shape index (κ2) is 6.02. The number of amides is 1. The molecule has 0 saturated carbocycles. The molecule has 0 bridgehead atoms. The highest BCUT2D eigenvalue weighted by Crippen LogP contribution is 2.12. The summed E-state index contributed by atoms with van der Waals surface area (Å²) < 4.78 is 0. The highest BCUT2D eigenvalue weighted by molar-refractivity contribution is 5.94. The molecule has 0 aliphatic heterocycles. The maximum atomic E-state index is 11.7. The molecular weight excluding hydrogens is 202 g/mol. The average molecular weight is 219 g/mol. The summed E-state index contributed by atoms with van der Waals surface area (Å²) in [6.45, 7) is 4.89. The van der Waals surface area contributed by atoms with Gasteiger partial charge >= 0.3 is 0 Å². The van der Waals surface area contributed by atoms with Crippen LogP contribution in [0, 0.1) is 0 Å². The lowest BCUT2D eigenvalue weighted by atomic mass is 10.2. The van der Waals surface area contributed by atoms with Gasteiger partial charge in [-0.15, -0.1) is 0 Å². The summed E-state index contributed by atoms with van der Waals surface area (Å²) in [5.41, 5.74) is 1.32. The second-order valence-electron chi connectivity index (χ2n) is 3.77. The number of hydrogen-bond donors (Lipinski definition) is 1. The standard InChI is InChI=1S/C12H17N3O/c1-13-11-6-4-5-10(9-11)12(16)14-7-8-15(2)3/h4-6,9H,1,7-8H2,2-3H3,(H,14,16). The molecule has 0 saturated heterocycles. The fourth-order valence-corrected chi connectivity index (χ4v) is 1.24. The molecule has 0 radical (unpaired) electrons. The third-order valence-corrected chi connectivity index (χ3v) is 2.14. The van der Waals surface area contributed by atoms with E-state index in [-0.39, 0.29) is 5.91 Å². The van der Waals surface area contributed by atoms with Gasteiger partial charge in [0.15, 0.2) is 0 Å². The van der Waals surface area contributed by atoms with Crippen molar-refractivity contribution in [1.82, 2.24) is 10.2 Å². The Hall–Kier alpha value is -1.68. The van der Waals surface area contributed by atoms with Gasteiger partial charge in [0.05, 0.1) is 5.69 Å². The third-order valence-electron chi connectivity index (χ3n) is 2.14. The minimum absolute atomic E-state index is 0.0765. The molecule has 86 valence electrons. The van der Waals surface area contributed by atoms with E-state index in [2.05, 4.69) is 17.0 Å². The summed E-state index contributed by atoms with van der Waals surface area (Å²) in [6, 6.07) is 7.09. The molecule has 0 aliphatic carbocycles. The number of carbonyl (C=O) groups excluding carboxylic acids is 1. The van der Waals surface area contributed by atoms with Crippen LogP contribution in [0.1, 0.15) is 10.4 Å². The van der Waals surface area contributed by atoms with Gasteiger partial charge < -0.3 is 10.2 Å². The molecule has 16 heavy (non-hydrogen) atoms. The molecule has 0 heterocycles. The number of nitrogens with zero attached hydrogens (tertiary/aromatic N) is 2. The average Bonchev–Trinajstić information content (AvgIpc) is 2.28. The fraction of sp³-hybridized carbons (Fsp3) is 0.333. The molecule has 4 nitrogen and oxygen atoms in total. The second-order valence-corrected chi connectivity index (χ2v) is 3.77. The van der Waals surface area contributed by atoms with Gasteiger partial charge in [0, 0.05) is 18.7 Å². The van der Waals surface area contributed by atoms with Crippen molar-refractivity contribution in [3.63, 3.8) is 0 Å². The van der Waals surface area contributed by atoms with Crippen LogP contribution in [0.5, 0.6) is 0 Å². The quantitative estimate of drug-likeness (QED) is 0.759. The number of hydrogen-bond acceptors (Lipinski definition) is 3. The summed E-state index contributed by atoms with van der Waals surface area (Å²) in [7, 11) is 3.93. The van der Waals surface area contributed by atoms with E-state index in [0.717, 1.165) is 6.54 Å². The Kier molecular flexibility index (Phi) is 4.66. The number of nitrogens with one attached hydrogen (secondary N) is 1. The lowest BCUT2D eigenvalue weighted by molar-refractivity contribution is 0.0951. The Labute approximate surface area is 96.0 Å². The van der Waals surface area contributed by atoms with Crippen LogP contribution in [0.15, 0.2) is 29.3 Å². The first kappa shape index (κ1) is 12.4. The van der Waals surface area contributed by atoms with Crippen molar-refractivity contribution >= 4 is 18.3 Å². The van der Waals surface area contributed by atoms with Gasteiger partial charge in [0.25, 0.3) is 5.91 Å². The smallest absolute Gasteiger partial charge is 0.251 e. The highest BCUT2D eigenvalue weighted by atomic mass is 16.1. The monoisotopic (exact) mass is 219 g/mol. The molecule has 0 aliphatic rings. The van der Waals surface area contributed by atoms with Crippen molar-refractivity contribution in [2.45, 2.75) is 0 Å². The van der Waals surface area contributed by atoms with Gasteiger partial charge in [0.2, 0.25) is 0 Å². The molecule has 0 fully saturated rings. The number of rotatable bonds is 5. The Morgan fingerprint density at radius 2 is 2.25 bits per heavy atom. The van der Waals surface area contributed by atoms with Gasteiger partial charge in [-0.2, -0.15) is 0 Å². The Morgan fingerprint density at radius 3 is 2.88 bits per heavy atom. The van der Waals surface area contributed by atoms with Crippen LogP contribution in [0.4, 0.5) is 5.69 Å². The molecule has 0 aromatic heterocycles. The molecule has 1 rings (SSSR count). The number of benzene rings is 1. The van der Waals surface area contributed by atoms with Crippen molar-refractivity contribution in [1.29, 1.82) is 0 Å². The van der Waals surface area contributed by atoms with Gasteiger partial charge in [-0.05, 0) is 39.0 Å². The SMILES string of the molecule is C=Nc1cccc(C(=O)NCCN(C)C)c1. The molecule has 0 atom stereocenters. The van der Waals surface area contributed by atoms with Crippen molar-refractivity contribution in [3.8, 4) is 0 Å². The van der Waals surface area contributed by atoms with Gasteiger partial charge in [-0.3, -0.25) is 9.79 Å². The van der Waals surface area contributed by atoms with Crippen molar-refractivity contribution < 1.29 is 4.79 Å². The molecule has 0 unspecified atom stereocenters. The maximum absolute atomic E-state index is 11.7. The van der Waals surface area contributed by atoms with E-state index >= 15 is 0 Å². The van der Waals surface area contributed by atoms with E-state index in [1.807, 2.05) is 25.1 Å². The van der Waals surface area contributed by atoms with E-state index in [0.29, 0.717) is 17.8 Å². The molecule has 0 spiro atoms. The van der Waals surface area contributed by atoms with E-state index in [4.69, 9.17) is 0 Å². The minimum Gasteiger partial charge on any atom is -0.351 e. The number of aliphatic imine (C=N–C) groups is 1. The van der Waals surface area contributed by atoms with Crippen LogP contribution in [-0.2, 0) is 0 Å².